The summed E-state index contributed by atoms with van der Waals surface area (Å²) in [6.45, 7) is 0.910. The number of amides is 3. The summed E-state index contributed by atoms with van der Waals surface area (Å²) in [6, 6.07) is 3.57. The molecule has 4 aliphatic rings. The summed E-state index contributed by atoms with van der Waals surface area (Å²) >= 11 is 0. The largest absolute Gasteiger partial charge is 0.507 e. The third kappa shape index (κ3) is 7.01. The van der Waals surface area contributed by atoms with Crippen LogP contribution in [0.15, 0.2) is 35.5 Å². The number of aliphatic hydroxyl groups is 3. The standard InChI is InChI=1S/C37H42N4O13/c1-17-32(46)20(38)13-27(53-17)54-22-15-37(51,23(16-42)39-40-24(43)9-4-3-5-12-41-25(44)10-11-26(41)45)14-19-29(22)36(50)31-30(34(19)48)33(47)18-7-6-8-21(52-2)28(18)35(31)49/h6-8,10-11,17,20,22,27,32,42,46,48,50-51H,3-5,9,12-16,38H2,1-2H3,(H,40,43)/b39-23+/t17?,20?,22?,27?,32?,37-/m0/s1. The average molecular weight is 751 g/mol. The number of carbonyl (C=O) groups is 5. The van der Waals surface area contributed by atoms with Crippen LogP contribution in [0.2, 0.25) is 0 Å². The van der Waals surface area contributed by atoms with Crippen LogP contribution in [0.4, 0.5) is 0 Å². The number of benzene rings is 2. The average Bonchev–Trinajstić information content (AvgIpc) is 3.46. The first kappa shape index (κ1) is 38.7. The lowest BCUT2D eigenvalue weighted by Crippen LogP contribution is -2.53. The van der Waals surface area contributed by atoms with E-state index in [2.05, 4.69) is 10.5 Å². The van der Waals surface area contributed by atoms with Crippen LogP contribution in [-0.4, -0.2) is 116 Å². The van der Waals surface area contributed by atoms with Crippen molar-refractivity contribution < 1.29 is 63.7 Å². The van der Waals surface area contributed by atoms with Gasteiger partial charge in [0.2, 0.25) is 11.7 Å². The number of hydrogen-bond acceptors (Lipinski definition) is 15. The van der Waals surface area contributed by atoms with Crippen molar-refractivity contribution in [2.24, 2.45) is 10.8 Å². The number of rotatable bonds is 12. The fourth-order valence-electron chi connectivity index (χ4n) is 7.47. The minimum absolute atomic E-state index is 0.0120. The van der Waals surface area contributed by atoms with Crippen molar-refractivity contribution in [3.05, 3.63) is 63.7 Å². The molecule has 8 N–H and O–H groups in total. The Morgan fingerprint density at radius 1 is 1.06 bits per heavy atom. The van der Waals surface area contributed by atoms with E-state index in [-0.39, 0.29) is 53.1 Å². The Kier molecular flexibility index (Phi) is 11.0. The van der Waals surface area contributed by atoms with E-state index in [1.807, 2.05) is 0 Å². The first-order valence-electron chi connectivity index (χ1n) is 17.5. The Balaban J connectivity index is 1.29. The number of carbonyl (C=O) groups excluding carboxylic acids is 5. The predicted octanol–water partition coefficient (Wildman–Crippen LogP) is 0.390. The molecule has 3 amide bonds. The monoisotopic (exact) mass is 750 g/mol. The number of ether oxygens (including phenoxy) is 3. The first-order valence-corrected chi connectivity index (χ1v) is 17.5. The van der Waals surface area contributed by atoms with E-state index in [1.165, 1.54) is 37.5 Å². The second kappa shape index (κ2) is 15.4. The van der Waals surface area contributed by atoms with Gasteiger partial charge in [0.15, 0.2) is 12.1 Å². The zero-order chi connectivity index (χ0) is 39.1. The number of nitrogens with one attached hydrogen (secondary N) is 1. The molecule has 0 aromatic heterocycles. The molecule has 6 rings (SSSR count). The number of methoxy groups -OCH3 is 1. The molecule has 2 aromatic rings. The Bertz CT molecular complexity index is 1930. The summed E-state index contributed by atoms with van der Waals surface area (Å²) in [5.41, 5.74) is 4.46. The molecule has 2 heterocycles. The maximum Gasteiger partial charge on any atom is 0.253 e. The number of hydrogen-bond donors (Lipinski definition) is 7. The molecule has 0 saturated carbocycles. The lowest BCUT2D eigenvalue weighted by molar-refractivity contribution is -0.245. The van der Waals surface area contributed by atoms with Gasteiger partial charge in [0.1, 0.15) is 22.8 Å². The van der Waals surface area contributed by atoms with Gasteiger partial charge in [-0.25, -0.2) is 5.43 Å². The minimum atomic E-state index is -2.16. The minimum Gasteiger partial charge on any atom is -0.507 e. The van der Waals surface area contributed by atoms with Gasteiger partial charge in [0.25, 0.3) is 11.8 Å². The molecule has 2 aromatic carbocycles. The molecule has 17 heteroatoms. The van der Waals surface area contributed by atoms with Crippen molar-refractivity contribution in [3.63, 3.8) is 0 Å². The van der Waals surface area contributed by atoms with Crippen molar-refractivity contribution in [1.82, 2.24) is 10.3 Å². The number of nitrogens with two attached hydrogens (primary N) is 1. The van der Waals surface area contributed by atoms with Gasteiger partial charge >= 0.3 is 0 Å². The number of aromatic hydroxyl groups is 2. The van der Waals surface area contributed by atoms with E-state index in [0.717, 1.165) is 4.90 Å². The number of unbranched alkanes of at least 4 members (excludes halogenated alkanes) is 2. The summed E-state index contributed by atoms with van der Waals surface area (Å²) in [7, 11) is 1.32. The van der Waals surface area contributed by atoms with E-state index in [0.29, 0.717) is 19.3 Å². The van der Waals surface area contributed by atoms with Crippen LogP contribution in [0.3, 0.4) is 0 Å². The molecule has 288 valence electrons. The molecule has 54 heavy (non-hydrogen) atoms. The molecule has 0 radical (unpaired) electrons. The maximum atomic E-state index is 14.0. The van der Waals surface area contributed by atoms with Crippen molar-refractivity contribution in [2.75, 3.05) is 20.3 Å². The van der Waals surface area contributed by atoms with Gasteiger partial charge in [-0.2, -0.15) is 5.10 Å². The zero-order valence-corrected chi connectivity index (χ0v) is 29.6. The van der Waals surface area contributed by atoms with Gasteiger partial charge in [-0.3, -0.25) is 28.9 Å². The third-order valence-electron chi connectivity index (χ3n) is 10.3. The number of phenols is 2. The second-order valence-corrected chi connectivity index (χ2v) is 13.8. The maximum absolute atomic E-state index is 14.0. The van der Waals surface area contributed by atoms with Gasteiger partial charge in [0.05, 0.1) is 54.4 Å². The van der Waals surface area contributed by atoms with Crippen LogP contribution in [0, 0.1) is 0 Å². The number of hydrazone groups is 1. The summed E-state index contributed by atoms with van der Waals surface area (Å²) in [4.78, 5) is 65.1. The summed E-state index contributed by atoms with van der Waals surface area (Å²) < 4.78 is 17.4. The normalized spacial score (nSPS) is 26.4. The number of nitrogens with zero attached hydrogens (tertiary/aromatic N) is 2. The Morgan fingerprint density at radius 3 is 2.43 bits per heavy atom. The number of imide groups is 1. The van der Waals surface area contributed by atoms with E-state index < -0.39 is 108 Å². The highest BCUT2D eigenvalue weighted by Gasteiger charge is 2.49. The van der Waals surface area contributed by atoms with E-state index >= 15 is 0 Å². The number of phenolic OH excluding ortho intramolecular Hbond substituents is 2. The molecule has 6 atom stereocenters. The van der Waals surface area contributed by atoms with Crippen molar-refractivity contribution in [1.29, 1.82) is 0 Å². The predicted molar refractivity (Wildman–Crippen MR) is 187 cm³/mol. The summed E-state index contributed by atoms with van der Waals surface area (Å²) in [6.07, 6.45) is -1.56. The van der Waals surface area contributed by atoms with Gasteiger partial charge in [0, 0.05) is 67.1 Å². The molecule has 1 fully saturated rings. The molecule has 5 unspecified atom stereocenters. The van der Waals surface area contributed by atoms with Gasteiger partial charge in [-0.05, 0) is 25.8 Å². The molecular weight excluding hydrogens is 708 g/mol. The fraction of sp³-hybridized carbons (Fsp3) is 0.459. The van der Waals surface area contributed by atoms with Crippen molar-refractivity contribution in [3.8, 4) is 17.2 Å². The van der Waals surface area contributed by atoms with Crippen molar-refractivity contribution in [2.45, 2.75) is 88.1 Å². The second-order valence-electron chi connectivity index (χ2n) is 13.8. The number of fused-ring (bicyclic) bond motifs is 3. The Hall–Kier alpha value is -5.04. The number of ketones is 2. The lowest BCUT2D eigenvalue weighted by atomic mass is 9.71. The van der Waals surface area contributed by atoms with Gasteiger partial charge < -0.3 is 45.5 Å². The highest BCUT2D eigenvalue weighted by Crippen LogP contribution is 2.52. The number of aliphatic hydroxyl groups excluding tert-OH is 2. The quantitative estimate of drug-likeness (QED) is 0.0434. The fourth-order valence-corrected chi connectivity index (χ4v) is 7.47. The Morgan fingerprint density at radius 2 is 1.76 bits per heavy atom. The van der Waals surface area contributed by atoms with E-state index in [9.17, 15) is 49.5 Å². The van der Waals surface area contributed by atoms with E-state index in [4.69, 9.17) is 19.9 Å². The summed E-state index contributed by atoms with van der Waals surface area (Å²) in [5, 5.41) is 60.5. The highest BCUT2D eigenvalue weighted by molar-refractivity contribution is 6.31. The van der Waals surface area contributed by atoms with Crippen LogP contribution < -0.4 is 15.9 Å². The molecular formula is C37H42N4O13. The smallest absolute Gasteiger partial charge is 0.253 e. The first-order chi connectivity index (χ1) is 25.7. The zero-order valence-electron chi connectivity index (χ0n) is 29.6. The van der Waals surface area contributed by atoms with E-state index in [1.54, 1.807) is 6.92 Å². The van der Waals surface area contributed by atoms with Crippen LogP contribution in [0.25, 0.3) is 0 Å². The molecule has 17 nitrogen and oxygen atoms in total. The van der Waals surface area contributed by atoms with Crippen LogP contribution in [-0.2, 0) is 30.3 Å². The summed E-state index contributed by atoms with van der Waals surface area (Å²) in [5.74, 6) is -4.25. The van der Waals surface area contributed by atoms with Crippen LogP contribution in [0.1, 0.15) is 94.5 Å². The molecule has 0 bridgehead atoms. The molecule has 0 spiro atoms. The molecule has 1 saturated heterocycles. The SMILES string of the molecule is COc1cccc2c1C(=O)c1c(O)c3c(c(O)c1C2=O)C[C@@](O)(/C(CO)=N/NC(=O)CCCCCN1C(=O)C=CC1=O)CC3OC1CC(N)C(O)C(C)O1. The highest BCUT2D eigenvalue weighted by atomic mass is 16.7. The lowest BCUT2D eigenvalue weighted by Gasteiger charge is -2.43. The topological polar surface area (TPSA) is 268 Å². The van der Waals surface area contributed by atoms with Gasteiger partial charge in [-0.15, -0.1) is 0 Å². The third-order valence-corrected chi connectivity index (χ3v) is 10.3. The van der Waals surface area contributed by atoms with Gasteiger partial charge in [-0.1, -0.05) is 18.6 Å². The van der Waals surface area contributed by atoms with Crippen LogP contribution >= 0.6 is 0 Å². The van der Waals surface area contributed by atoms with Crippen molar-refractivity contribution >= 4 is 35.0 Å². The Labute approximate surface area is 309 Å². The molecule has 2 aliphatic heterocycles. The van der Waals surface area contributed by atoms with Crippen LogP contribution in [0.5, 0.6) is 17.2 Å². The molecule has 2 aliphatic carbocycles.